The van der Waals surface area contributed by atoms with Gasteiger partial charge in [-0.05, 0) is 12.1 Å². The standard InChI is InChI=1S/C12H13BrClF3O2/c13-7-9-10(14)3-1-4-11(9)19-6-2-5-18-8-12(15,16)17/h1,3-4H,2,5-8H2. The van der Waals surface area contributed by atoms with E-state index in [-0.39, 0.29) is 13.2 Å². The van der Waals surface area contributed by atoms with Crippen molar-refractivity contribution in [1.82, 2.24) is 0 Å². The Morgan fingerprint density at radius 2 is 1.95 bits per heavy atom. The first-order valence-electron chi connectivity index (χ1n) is 5.54. The van der Waals surface area contributed by atoms with E-state index in [1.807, 2.05) is 0 Å². The topological polar surface area (TPSA) is 18.5 Å². The first-order valence-corrected chi connectivity index (χ1v) is 7.04. The summed E-state index contributed by atoms with van der Waals surface area (Å²) in [6.07, 6.45) is -3.90. The summed E-state index contributed by atoms with van der Waals surface area (Å²) < 4.78 is 45.3. The summed E-state index contributed by atoms with van der Waals surface area (Å²) in [5, 5.41) is 1.13. The molecule has 0 saturated carbocycles. The van der Waals surface area contributed by atoms with Gasteiger partial charge >= 0.3 is 6.18 Å². The summed E-state index contributed by atoms with van der Waals surface area (Å²) >= 11 is 9.28. The average Bonchev–Trinajstić information content (AvgIpc) is 2.32. The highest BCUT2D eigenvalue weighted by molar-refractivity contribution is 9.08. The van der Waals surface area contributed by atoms with E-state index in [1.54, 1.807) is 18.2 Å². The van der Waals surface area contributed by atoms with E-state index in [2.05, 4.69) is 20.7 Å². The van der Waals surface area contributed by atoms with Crippen LogP contribution in [-0.2, 0) is 10.1 Å². The van der Waals surface area contributed by atoms with Crippen LogP contribution in [0.1, 0.15) is 12.0 Å². The van der Waals surface area contributed by atoms with Gasteiger partial charge in [0.05, 0.1) is 13.2 Å². The molecule has 0 fully saturated rings. The average molecular weight is 362 g/mol. The van der Waals surface area contributed by atoms with Gasteiger partial charge in [-0.25, -0.2) is 0 Å². The molecule has 0 heterocycles. The number of hydrogen-bond donors (Lipinski definition) is 0. The highest BCUT2D eigenvalue weighted by atomic mass is 79.9. The molecule has 7 heteroatoms. The van der Waals surface area contributed by atoms with Crippen molar-refractivity contribution in [2.75, 3.05) is 19.8 Å². The maximum absolute atomic E-state index is 11.8. The monoisotopic (exact) mass is 360 g/mol. The Hall–Kier alpha value is -0.460. The van der Waals surface area contributed by atoms with Gasteiger partial charge in [-0.3, -0.25) is 0 Å². The Morgan fingerprint density at radius 1 is 1.21 bits per heavy atom. The molecule has 1 rings (SSSR count). The number of halogens is 5. The molecule has 0 atom stereocenters. The molecule has 0 spiro atoms. The predicted molar refractivity (Wildman–Crippen MR) is 71.1 cm³/mol. The van der Waals surface area contributed by atoms with Crippen molar-refractivity contribution >= 4 is 27.5 Å². The zero-order valence-corrected chi connectivity index (χ0v) is 12.3. The second-order valence-electron chi connectivity index (χ2n) is 3.72. The van der Waals surface area contributed by atoms with E-state index >= 15 is 0 Å². The smallest absolute Gasteiger partial charge is 0.411 e. The molecule has 1 aromatic carbocycles. The van der Waals surface area contributed by atoms with E-state index in [1.165, 1.54) is 0 Å². The molecule has 1 aromatic rings. The van der Waals surface area contributed by atoms with Crippen molar-refractivity contribution in [2.24, 2.45) is 0 Å². The molecule has 0 aromatic heterocycles. The minimum Gasteiger partial charge on any atom is -0.493 e. The zero-order chi connectivity index (χ0) is 14.3. The second-order valence-corrected chi connectivity index (χ2v) is 4.69. The summed E-state index contributed by atoms with van der Waals surface area (Å²) in [5.41, 5.74) is 0.820. The molecule has 0 amide bonds. The van der Waals surface area contributed by atoms with Crippen LogP contribution in [0, 0.1) is 0 Å². The quantitative estimate of drug-likeness (QED) is 0.523. The third-order valence-electron chi connectivity index (χ3n) is 2.17. The molecule has 0 aliphatic rings. The molecule has 108 valence electrons. The lowest BCUT2D eigenvalue weighted by Crippen LogP contribution is -2.18. The first-order chi connectivity index (χ1) is 8.94. The van der Waals surface area contributed by atoms with Crippen LogP contribution in [0.15, 0.2) is 18.2 Å². The maximum atomic E-state index is 11.8. The fraction of sp³-hybridized carbons (Fsp3) is 0.500. The van der Waals surface area contributed by atoms with Gasteiger partial charge in [-0.1, -0.05) is 33.6 Å². The molecule has 0 radical (unpaired) electrons. The largest absolute Gasteiger partial charge is 0.493 e. The summed E-state index contributed by atoms with van der Waals surface area (Å²) in [7, 11) is 0. The summed E-state index contributed by atoms with van der Waals surface area (Å²) in [6.45, 7) is -0.946. The number of alkyl halides is 4. The molecular formula is C12H13BrClF3O2. The molecule has 0 unspecified atom stereocenters. The Balaban J connectivity index is 2.28. The fourth-order valence-electron chi connectivity index (χ4n) is 1.33. The number of hydrogen-bond acceptors (Lipinski definition) is 2. The van der Waals surface area contributed by atoms with Crippen LogP contribution in [0.5, 0.6) is 5.75 Å². The number of ether oxygens (including phenoxy) is 2. The van der Waals surface area contributed by atoms with E-state index in [9.17, 15) is 13.2 Å². The van der Waals surface area contributed by atoms with Gasteiger partial charge < -0.3 is 9.47 Å². The van der Waals surface area contributed by atoms with Crippen molar-refractivity contribution < 1.29 is 22.6 Å². The van der Waals surface area contributed by atoms with Gasteiger partial charge in [0.25, 0.3) is 0 Å². The Bertz CT molecular complexity index is 399. The van der Waals surface area contributed by atoms with Crippen LogP contribution in [-0.4, -0.2) is 26.0 Å². The third-order valence-corrected chi connectivity index (χ3v) is 3.08. The van der Waals surface area contributed by atoms with Crippen molar-refractivity contribution in [3.8, 4) is 5.75 Å². The Kier molecular flexibility index (Phi) is 6.96. The van der Waals surface area contributed by atoms with Gasteiger partial charge in [0.1, 0.15) is 12.4 Å². The predicted octanol–water partition coefficient (Wildman–Crippen LogP) is 4.58. The third kappa shape index (κ3) is 6.49. The molecule has 2 nitrogen and oxygen atoms in total. The first kappa shape index (κ1) is 16.6. The fourth-order valence-corrected chi connectivity index (χ4v) is 2.31. The second kappa shape index (κ2) is 7.97. The molecule has 0 N–H and O–H groups in total. The lowest BCUT2D eigenvalue weighted by atomic mass is 10.2. The van der Waals surface area contributed by atoms with Crippen LogP contribution < -0.4 is 4.74 Å². The van der Waals surface area contributed by atoms with E-state index in [0.29, 0.717) is 22.5 Å². The lowest BCUT2D eigenvalue weighted by molar-refractivity contribution is -0.174. The highest BCUT2D eigenvalue weighted by Gasteiger charge is 2.27. The normalized spacial score (nSPS) is 11.6. The van der Waals surface area contributed by atoms with Crippen molar-refractivity contribution in [3.63, 3.8) is 0 Å². The van der Waals surface area contributed by atoms with E-state index in [0.717, 1.165) is 5.56 Å². The Labute approximate surface area is 123 Å². The van der Waals surface area contributed by atoms with Crippen LogP contribution in [0.3, 0.4) is 0 Å². The molecular weight excluding hydrogens is 348 g/mol. The maximum Gasteiger partial charge on any atom is 0.411 e. The summed E-state index contributed by atoms with van der Waals surface area (Å²) in [5.74, 6) is 0.625. The number of rotatable bonds is 7. The van der Waals surface area contributed by atoms with Crippen LogP contribution in [0.4, 0.5) is 13.2 Å². The SMILES string of the molecule is FC(F)(F)COCCCOc1cccc(Cl)c1CBr. The van der Waals surface area contributed by atoms with Crippen molar-refractivity contribution in [3.05, 3.63) is 28.8 Å². The Morgan fingerprint density at radius 3 is 2.58 bits per heavy atom. The minimum absolute atomic E-state index is 0.00369. The molecule has 0 saturated heterocycles. The molecule has 0 aliphatic heterocycles. The van der Waals surface area contributed by atoms with E-state index < -0.39 is 12.8 Å². The van der Waals surface area contributed by atoms with Crippen molar-refractivity contribution in [1.29, 1.82) is 0 Å². The van der Waals surface area contributed by atoms with Gasteiger partial charge in [0, 0.05) is 22.3 Å². The van der Waals surface area contributed by atoms with Gasteiger partial charge in [0.15, 0.2) is 0 Å². The zero-order valence-electron chi connectivity index (χ0n) is 9.97. The highest BCUT2D eigenvalue weighted by Crippen LogP contribution is 2.28. The van der Waals surface area contributed by atoms with Crippen LogP contribution in [0.2, 0.25) is 5.02 Å². The number of benzene rings is 1. The molecule has 19 heavy (non-hydrogen) atoms. The van der Waals surface area contributed by atoms with Gasteiger partial charge in [-0.15, -0.1) is 0 Å². The lowest BCUT2D eigenvalue weighted by Gasteiger charge is -2.11. The van der Waals surface area contributed by atoms with E-state index in [4.69, 9.17) is 16.3 Å². The van der Waals surface area contributed by atoms with Gasteiger partial charge in [0.2, 0.25) is 0 Å². The summed E-state index contributed by atoms with van der Waals surface area (Å²) in [4.78, 5) is 0. The molecule has 0 bridgehead atoms. The minimum atomic E-state index is -4.28. The van der Waals surface area contributed by atoms with Gasteiger partial charge in [-0.2, -0.15) is 13.2 Å². The summed E-state index contributed by atoms with van der Waals surface area (Å²) in [6, 6.07) is 5.26. The van der Waals surface area contributed by atoms with Crippen molar-refractivity contribution in [2.45, 2.75) is 17.9 Å². The van der Waals surface area contributed by atoms with Crippen LogP contribution >= 0.6 is 27.5 Å². The van der Waals surface area contributed by atoms with Crippen LogP contribution in [0.25, 0.3) is 0 Å². The molecule has 0 aliphatic carbocycles.